The largest absolute Gasteiger partial charge is 0.370 e. The van der Waals surface area contributed by atoms with Crippen LogP contribution in [0.4, 0.5) is 0 Å². The summed E-state index contributed by atoms with van der Waals surface area (Å²) >= 11 is 0.871. The summed E-state index contributed by atoms with van der Waals surface area (Å²) in [5, 5.41) is 8.55. The van der Waals surface area contributed by atoms with Gasteiger partial charge in [-0.15, -0.1) is 11.3 Å². The van der Waals surface area contributed by atoms with Crippen LogP contribution in [0, 0.1) is 11.3 Å². The van der Waals surface area contributed by atoms with Crippen molar-refractivity contribution in [2.45, 2.75) is 10.6 Å². The van der Waals surface area contributed by atoms with Crippen molar-refractivity contribution in [1.82, 2.24) is 4.72 Å². The first-order valence-electron chi connectivity index (χ1n) is 4.23. The molecule has 0 saturated heterocycles. The SMILES string of the molecule is N#Cc1ccc(S(=O)(=O)NCCC(N)=O)s1. The number of hydrogen-bond acceptors (Lipinski definition) is 5. The highest BCUT2D eigenvalue weighted by molar-refractivity contribution is 7.91. The van der Waals surface area contributed by atoms with Crippen molar-refractivity contribution in [3.63, 3.8) is 0 Å². The predicted molar refractivity (Wildman–Crippen MR) is 58.0 cm³/mol. The second kappa shape index (κ2) is 5.07. The number of thiophene rings is 1. The fraction of sp³-hybridized carbons (Fsp3) is 0.250. The Kier molecular flexibility index (Phi) is 4.00. The monoisotopic (exact) mass is 259 g/mol. The molecule has 0 radical (unpaired) electrons. The van der Waals surface area contributed by atoms with E-state index < -0.39 is 15.9 Å². The lowest BCUT2D eigenvalue weighted by Gasteiger charge is -2.02. The van der Waals surface area contributed by atoms with Crippen LogP contribution in [0.1, 0.15) is 11.3 Å². The molecular weight excluding hydrogens is 250 g/mol. The maximum Gasteiger partial charge on any atom is 0.250 e. The van der Waals surface area contributed by atoms with Crippen molar-refractivity contribution in [2.75, 3.05) is 6.54 Å². The molecule has 0 aliphatic heterocycles. The Labute approximate surface area is 96.7 Å². The minimum absolute atomic E-state index is 0.0442. The van der Waals surface area contributed by atoms with Gasteiger partial charge >= 0.3 is 0 Å². The molecule has 0 aromatic carbocycles. The fourth-order valence-corrected chi connectivity index (χ4v) is 3.08. The van der Waals surface area contributed by atoms with Gasteiger partial charge in [0.15, 0.2) is 0 Å². The molecule has 0 saturated carbocycles. The van der Waals surface area contributed by atoms with E-state index in [1.807, 2.05) is 6.07 Å². The summed E-state index contributed by atoms with van der Waals surface area (Å²) in [6.07, 6.45) is -0.0598. The molecule has 8 heteroatoms. The first kappa shape index (κ1) is 12.6. The molecule has 1 amide bonds. The van der Waals surface area contributed by atoms with Gasteiger partial charge in [0.25, 0.3) is 0 Å². The van der Waals surface area contributed by atoms with Gasteiger partial charge in [0, 0.05) is 13.0 Å². The number of amides is 1. The van der Waals surface area contributed by atoms with Crippen LogP contribution in [-0.2, 0) is 14.8 Å². The summed E-state index contributed by atoms with van der Waals surface area (Å²) < 4.78 is 25.4. The Hall–Kier alpha value is -1.43. The average molecular weight is 259 g/mol. The van der Waals surface area contributed by atoms with Crippen LogP contribution in [0.2, 0.25) is 0 Å². The maximum absolute atomic E-state index is 11.6. The Morgan fingerprint density at radius 1 is 1.56 bits per heavy atom. The van der Waals surface area contributed by atoms with Crippen molar-refractivity contribution in [3.05, 3.63) is 17.0 Å². The molecular formula is C8H9N3O3S2. The van der Waals surface area contributed by atoms with Gasteiger partial charge in [-0.05, 0) is 12.1 Å². The van der Waals surface area contributed by atoms with E-state index in [1.54, 1.807) is 0 Å². The number of sulfonamides is 1. The normalized spacial score (nSPS) is 10.9. The van der Waals surface area contributed by atoms with Crippen molar-refractivity contribution in [2.24, 2.45) is 5.73 Å². The summed E-state index contributed by atoms with van der Waals surface area (Å²) in [6.45, 7) is -0.0442. The van der Waals surface area contributed by atoms with Crippen LogP contribution in [-0.4, -0.2) is 20.9 Å². The summed E-state index contributed by atoms with van der Waals surface area (Å²) in [5.74, 6) is -0.577. The van der Waals surface area contributed by atoms with Gasteiger partial charge < -0.3 is 5.73 Å². The van der Waals surface area contributed by atoms with Gasteiger partial charge in [0.05, 0.1) is 0 Å². The number of nitriles is 1. The van der Waals surface area contributed by atoms with Crippen LogP contribution in [0.15, 0.2) is 16.3 Å². The molecule has 0 fully saturated rings. The van der Waals surface area contributed by atoms with Gasteiger partial charge in [0.1, 0.15) is 15.2 Å². The average Bonchev–Trinajstić information content (AvgIpc) is 2.65. The zero-order valence-electron chi connectivity index (χ0n) is 8.13. The topological polar surface area (TPSA) is 113 Å². The molecule has 0 unspecified atom stereocenters. The molecule has 6 nitrogen and oxygen atoms in total. The van der Waals surface area contributed by atoms with Crippen LogP contribution in [0.5, 0.6) is 0 Å². The smallest absolute Gasteiger partial charge is 0.250 e. The molecule has 86 valence electrons. The highest BCUT2D eigenvalue weighted by Crippen LogP contribution is 2.20. The molecule has 16 heavy (non-hydrogen) atoms. The third-order valence-electron chi connectivity index (χ3n) is 1.62. The lowest BCUT2D eigenvalue weighted by Crippen LogP contribution is -2.27. The first-order valence-corrected chi connectivity index (χ1v) is 6.53. The number of primary amides is 1. The van der Waals surface area contributed by atoms with Crippen LogP contribution in [0.3, 0.4) is 0 Å². The van der Waals surface area contributed by atoms with Gasteiger partial charge in [0.2, 0.25) is 15.9 Å². The van der Waals surface area contributed by atoms with E-state index in [-0.39, 0.29) is 17.2 Å². The van der Waals surface area contributed by atoms with E-state index in [9.17, 15) is 13.2 Å². The standard InChI is InChI=1S/C8H9N3O3S2/c9-5-6-1-2-8(15-6)16(13,14)11-4-3-7(10)12/h1-2,11H,3-4H2,(H2,10,12). The molecule has 1 rings (SSSR count). The predicted octanol–water partition coefficient (Wildman–Crippen LogP) is -0.227. The van der Waals surface area contributed by atoms with Crippen molar-refractivity contribution in [3.8, 4) is 6.07 Å². The summed E-state index contributed by atoms with van der Waals surface area (Å²) in [4.78, 5) is 10.7. The molecule has 0 bridgehead atoms. The lowest BCUT2D eigenvalue weighted by atomic mass is 10.4. The second-order valence-electron chi connectivity index (χ2n) is 2.84. The minimum Gasteiger partial charge on any atom is -0.370 e. The maximum atomic E-state index is 11.6. The Morgan fingerprint density at radius 3 is 2.75 bits per heavy atom. The minimum atomic E-state index is -3.64. The first-order chi connectivity index (χ1) is 7.45. The number of nitrogens with one attached hydrogen (secondary N) is 1. The molecule has 1 heterocycles. The third-order valence-corrected chi connectivity index (χ3v) is 4.56. The van der Waals surface area contributed by atoms with E-state index in [1.165, 1.54) is 12.1 Å². The molecule has 3 N–H and O–H groups in total. The fourth-order valence-electron chi connectivity index (χ4n) is 0.904. The van der Waals surface area contributed by atoms with E-state index in [4.69, 9.17) is 11.0 Å². The molecule has 0 aliphatic rings. The molecule has 1 aromatic rings. The number of rotatable bonds is 5. The van der Waals surface area contributed by atoms with Gasteiger partial charge in [-0.3, -0.25) is 4.79 Å². The van der Waals surface area contributed by atoms with Gasteiger partial charge in [-0.25, -0.2) is 13.1 Å². The Morgan fingerprint density at radius 2 is 2.25 bits per heavy atom. The van der Waals surface area contributed by atoms with Crippen molar-refractivity contribution in [1.29, 1.82) is 5.26 Å². The summed E-state index contributed by atoms with van der Waals surface area (Å²) in [7, 11) is -3.64. The molecule has 0 spiro atoms. The zero-order valence-corrected chi connectivity index (χ0v) is 9.77. The Bertz CT molecular complexity index is 527. The molecule has 0 atom stereocenters. The number of carbonyl (C=O) groups excluding carboxylic acids is 1. The van der Waals surface area contributed by atoms with Crippen LogP contribution in [0.25, 0.3) is 0 Å². The number of nitrogens with two attached hydrogens (primary N) is 1. The molecule has 1 aromatic heterocycles. The van der Waals surface area contributed by atoms with Crippen LogP contribution < -0.4 is 10.5 Å². The number of nitrogens with zero attached hydrogens (tertiary/aromatic N) is 1. The van der Waals surface area contributed by atoms with E-state index in [0.717, 1.165) is 11.3 Å². The number of hydrogen-bond donors (Lipinski definition) is 2. The van der Waals surface area contributed by atoms with Gasteiger partial charge in [-0.2, -0.15) is 5.26 Å². The van der Waals surface area contributed by atoms with Crippen molar-refractivity contribution >= 4 is 27.3 Å². The van der Waals surface area contributed by atoms with Crippen molar-refractivity contribution < 1.29 is 13.2 Å². The quantitative estimate of drug-likeness (QED) is 0.760. The highest BCUT2D eigenvalue weighted by atomic mass is 32.2. The lowest BCUT2D eigenvalue weighted by molar-refractivity contribution is -0.117. The molecule has 0 aliphatic carbocycles. The van der Waals surface area contributed by atoms with E-state index in [0.29, 0.717) is 4.88 Å². The van der Waals surface area contributed by atoms with E-state index in [2.05, 4.69) is 4.72 Å². The summed E-state index contributed by atoms with van der Waals surface area (Å²) in [6, 6.07) is 4.61. The van der Waals surface area contributed by atoms with Crippen LogP contribution >= 0.6 is 11.3 Å². The highest BCUT2D eigenvalue weighted by Gasteiger charge is 2.16. The summed E-state index contributed by atoms with van der Waals surface area (Å²) in [5.41, 5.74) is 4.87. The third kappa shape index (κ3) is 3.30. The Balaban J connectivity index is 2.71. The van der Waals surface area contributed by atoms with E-state index >= 15 is 0 Å². The van der Waals surface area contributed by atoms with Gasteiger partial charge in [-0.1, -0.05) is 0 Å². The second-order valence-corrected chi connectivity index (χ2v) is 5.92. The number of carbonyl (C=O) groups is 1. The zero-order chi connectivity index (χ0) is 12.2.